The van der Waals surface area contributed by atoms with E-state index in [0.29, 0.717) is 0 Å². The van der Waals surface area contributed by atoms with E-state index in [2.05, 4.69) is 18.2 Å². The Morgan fingerprint density at radius 2 is 1.52 bits per heavy atom. The summed E-state index contributed by atoms with van der Waals surface area (Å²) >= 11 is 0. The quantitative estimate of drug-likeness (QED) is 0.864. The number of hydrogen-bond acceptors (Lipinski definition) is 2. The molecule has 23 heavy (non-hydrogen) atoms. The van der Waals surface area contributed by atoms with E-state index < -0.39 is 6.04 Å². The van der Waals surface area contributed by atoms with Crippen molar-refractivity contribution in [3.63, 3.8) is 0 Å². The molecule has 1 amide bonds. The molecule has 2 aromatic rings. The fraction of sp³-hybridized carbons (Fsp3) is 0.350. The Bertz CT molecular complexity index is 734. The summed E-state index contributed by atoms with van der Waals surface area (Å²) in [5.74, 6) is 0.0364. The minimum absolute atomic E-state index is 0.0364. The molecule has 0 spiro atoms. The van der Waals surface area contributed by atoms with Gasteiger partial charge in [-0.3, -0.25) is 4.79 Å². The Kier molecular flexibility index (Phi) is 3.66. The van der Waals surface area contributed by atoms with Gasteiger partial charge in [0.2, 0.25) is 5.91 Å². The summed E-state index contributed by atoms with van der Waals surface area (Å²) in [5, 5.41) is 0. The zero-order valence-corrected chi connectivity index (χ0v) is 13.2. The first-order valence-electron chi connectivity index (χ1n) is 8.54. The summed E-state index contributed by atoms with van der Waals surface area (Å²) in [6, 6.07) is 16.0. The second-order valence-corrected chi connectivity index (χ2v) is 6.58. The van der Waals surface area contributed by atoms with Gasteiger partial charge >= 0.3 is 0 Å². The first kappa shape index (κ1) is 14.5. The Morgan fingerprint density at radius 1 is 0.870 bits per heavy atom. The van der Waals surface area contributed by atoms with Crippen molar-refractivity contribution < 1.29 is 4.79 Å². The highest BCUT2D eigenvalue weighted by Gasteiger charge is 2.35. The van der Waals surface area contributed by atoms with Gasteiger partial charge in [-0.25, -0.2) is 0 Å². The minimum atomic E-state index is -0.583. The average molecular weight is 306 g/mol. The largest absolute Gasteiger partial charge is 0.316 e. The van der Waals surface area contributed by atoms with Gasteiger partial charge in [0.1, 0.15) is 6.04 Å². The first-order valence-corrected chi connectivity index (χ1v) is 8.54. The normalized spacial score (nSPS) is 21.5. The van der Waals surface area contributed by atoms with Crippen LogP contribution in [0.15, 0.2) is 48.5 Å². The summed E-state index contributed by atoms with van der Waals surface area (Å²) in [5.41, 5.74) is 10.5. The summed E-state index contributed by atoms with van der Waals surface area (Å²) in [6.07, 6.45) is 5.80. The van der Waals surface area contributed by atoms with E-state index in [1.165, 1.54) is 19.3 Å². The highest BCUT2D eigenvalue weighted by atomic mass is 16.2. The molecule has 118 valence electrons. The van der Waals surface area contributed by atoms with Gasteiger partial charge < -0.3 is 10.6 Å². The molecule has 3 nitrogen and oxygen atoms in total. The zero-order valence-electron chi connectivity index (χ0n) is 13.2. The van der Waals surface area contributed by atoms with Crippen LogP contribution in [0.1, 0.15) is 43.7 Å². The fourth-order valence-electron chi connectivity index (χ4n) is 4.04. The molecule has 1 saturated carbocycles. The number of anilines is 1. The van der Waals surface area contributed by atoms with Gasteiger partial charge in [0.25, 0.3) is 0 Å². The lowest BCUT2D eigenvalue weighted by Gasteiger charge is -2.35. The van der Waals surface area contributed by atoms with Crippen molar-refractivity contribution >= 4 is 11.6 Å². The van der Waals surface area contributed by atoms with Crippen molar-refractivity contribution in [2.45, 2.75) is 44.2 Å². The number of carbonyl (C=O) groups is 1. The van der Waals surface area contributed by atoms with Crippen LogP contribution in [0.3, 0.4) is 0 Å². The molecule has 2 aliphatic rings. The molecule has 0 bridgehead atoms. The lowest BCUT2D eigenvalue weighted by atomic mass is 9.93. The van der Waals surface area contributed by atoms with E-state index in [1.54, 1.807) is 0 Å². The number of carbonyl (C=O) groups excluding carboxylic acids is 1. The zero-order chi connectivity index (χ0) is 15.8. The standard InChI is InChI=1S/C20H22N2O/c21-19-17-12-5-4-10-15(17)16-11-6-7-13-18(16)22(20(19)23)14-8-2-1-3-9-14/h4-7,10-14,19H,1-3,8-9,21H2. The molecule has 0 radical (unpaired) electrons. The average Bonchev–Trinajstić information content (AvgIpc) is 2.71. The molecular formula is C20H22N2O. The third-order valence-electron chi connectivity index (χ3n) is 5.19. The lowest BCUT2D eigenvalue weighted by molar-refractivity contribution is -0.120. The highest BCUT2D eigenvalue weighted by molar-refractivity contribution is 6.05. The number of nitrogens with two attached hydrogens (primary N) is 1. The van der Waals surface area contributed by atoms with Gasteiger partial charge in [0.15, 0.2) is 0 Å². The third kappa shape index (κ3) is 2.36. The van der Waals surface area contributed by atoms with Crippen molar-refractivity contribution in [3.05, 3.63) is 54.1 Å². The van der Waals surface area contributed by atoms with Gasteiger partial charge in [-0.15, -0.1) is 0 Å². The molecule has 1 atom stereocenters. The van der Waals surface area contributed by atoms with Crippen LogP contribution in [0.4, 0.5) is 5.69 Å². The molecule has 1 heterocycles. The number of amides is 1. The van der Waals surface area contributed by atoms with Crippen LogP contribution in [0.25, 0.3) is 11.1 Å². The van der Waals surface area contributed by atoms with Gasteiger partial charge in [-0.1, -0.05) is 61.7 Å². The molecule has 1 fully saturated rings. The van der Waals surface area contributed by atoms with Gasteiger partial charge in [-0.05, 0) is 30.0 Å². The van der Waals surface area contributed by atoms with Crippen LogP contribution >= 0.6 is 0 Å². The Morgan fingerprint density at radius 3 is 2.30 bits per heavy atom. The number of nitrogens with zero attached hydrogens (tertiary/aromatic N) is 1. The number of rotatable bonds is 1. The molecule has 4 rings (SSSR count). The maximum absolute atomic E-state index is 13.2. The van der Waals surface area contributed by atoms with Crippen molar-refractivity contribution in [1.29, 1.82) is 0 Å². The van der Waals surface area contributed by atoms with Crippen LogP contribution < -0.4 is 10.6 Å². The van der Waals surface area contributed by atoms with Gasteiger partial charge in [0, 0.05) is 11.6 Å². The fourth-order valence-corrected chi connectivity index (χ4v) is 4.04. The van der Waals surface area contributed by atoms with Crippen LogP contribution in [0, 0.1) is 0 Å². The first-order chi connectivity index (χ1) is 11.3. The number of para-hydroxylation sites is 1. The van der Waals surface area contributed by atoms with Crippen LogP contribution in [-0.4, -0.2) is 11.9 Å². The van der Waals surface area contributed by atoms with E-state index in [9.17, 15) is 4.79 Å². The number of hydrogen-bond donors (Lipinski definition) is 1. The van der Waals surface area contributed by atoms with E-state index in [0.717, 1.165) is 35.2 Å². The molecule has 1 aliphatic carbocycles. The number of fused-ring (bicyclic) bond motifs is 3. The number of benzene rings is 2. The second kappa shape index (κ2) is 5.82. The maximum atomic E-state index is 13.2. The van der Waals surface area contributed by atoms with E-state index in [1.807, 2.05) is 35.2 Å². The molecule has 2 N–H and O–H groups in total. The molecule has 0 aromatic heterocycles. The van der Waals surface area contributed by atoms with E-state index in [-0.39, 0.29) is 11.9 Å². The van der Waals surface area contributed by atoms with Gasteiger partial charge in [-0.2, -0.15) is 0 Å². The highest BCUT2D eigenvalue weighted by Crippen LogP contribution is 2.41. The molecule has 1 unspecified atom stereocenters. The predicted octanol–water partition coefficient (Wildman–Crippen LogP) is 4.03. The Hall–Kier alpha value is -2.13. The summed E-state index contributed by atoms with van der Waals surface area (Å²) in [6.45, 7) is 0. The van der Waals surface area contributed by atoms with E-state index in [4.69, 9.17) is 5.73 Å². The lowest BCUT2D eigenvalue weighted by Crippen LogP contribution is -2.45. The smallest absolute Gasteiger partial charge is 0.248 e. The maximum Gasteiger partial charge on any atom is 0.248 e. The summed E-state index contributed by atoms with van der Waals surface area (Å²) in [4.78, 5) is 15.2. The molecule has 2 aromatic carbocycles. The SMILES string of the molecule is NC1C(=O)N(C2CCCCC2)c2ccccc2-c2ccccc21. The van der Waals surface area contributed by atoms with Crippen LogP contribution in [-0.2, 0) is 4.79 Å². The Labute approximate surface area is 137 Å². The Balaban J connectivity index is 1.91. The van der Waals surface area contributed by atoms with Crippen molar-refractivity contribution in [1.82, 2.24) is 0 Å². The summed E-state index contributed by atoms with van der Waals surface area (Å²) in [7, 11) is 0. The molecule has 3 heteroatoms. The van der Waals surface area contributed by atoms with Crippen LogP contribution in [0.5, 0.6) is 0 Å². The minimum Gasteiger partial charge on any atom is -0.316 e. The predicted molar refractivity (Wildman–Crippen MR) is 93.2 cm³/mol. The van der Waals surface area contributed by atoms with Crippen molar-refractivity contribution in [2.75, 3.05) is 4.90 Å². The molecule has 0 saturated heterocycles. The summed E-state index contributed by atoms with van der Waals surface area (Å²) < 4.78 is 0. The van der Waals surface area contributed by atoms with Crippen molar-refractivity contribution in [2.24, 2.45) is 5.73 Å². The third-order valence-corrected chi connectivity index (χ3v) is 5.19. The van der Waals surface area contributed by atoms with E-state index >= 15 is 0 Å². The van der Waals surface area contributed by atoms with Gasteiger partial charge in [0.05, 0.1) is 5.69 Å². The monoisotopic (exact) mass is 306 g/mol. The second-order valence-electron chi connectivity index (χ2n) is 6.58. The topological polar surface area (TPSA) is 46.3 Å². The molecule has 1 aliphatic heterocycles. The van der Waals surface area contributed by atoms with Crippen molar-refractivity contribution in [3.8, 4) is 11.1 Å². The molecular weight excluding hydrogens is 284 g/mol. The van der Waals surface area contributed by atoms with Crippen LogP contribution in [0.2, 0.25) is 0 Å².